The van der Waals surface area contributed by atoms with Crippen LogP contribution in [0.25, 0.3) is 27.6 Å². The van der Waals surface area contributed by atoms with Gasteiger partial charge in [-0.2, -0.15) is 0 Å². The number of nitrogen functional groups attached to an aromatic ring is 1. The molecule has 0 aliphatic heterocycles. The summed E-state index contributed by atoms with van der Waals surface area (Å²) < 4.78 is 1.89. The van der Waals surface area contributed by atoms with Crippen molar-refractivity contribution in [1.29, 1.82) is 0 Å². The Morgan fingerprint density at radius 1 is 0.952 bits per heavy atom. The van der Waals surface area contributed by atoms with Gasteiger partial charge in [-0.3, -0.25) is 9.55 Å². The summed E-state index contributed by atoms with van der Waals surface area (Å²) in [7, 11) is 0. The molecule has 0 radical (unpaired) electrons. The predicted molar refractivity (Wildman–Crippen MR) is 85.8 cm³/mol. The molecular weight excluding hydrogens is 284 g/mol. The zero-order chi connectivity index (χ0) is 14.4. The first-order chi connectivity index (χ1) is 10.3. The van der Waals surface area contributed by atoms with Crippen LogP contribution in [0.2, 0.25) is 5.02 Å². The topological polar surface area (TPSA) is 56.7 Å². The third-order valence-corrected chi connectivity index (χ3v) is 3.82. The zero-order valence-electron chi connectivity index (χ0n) is 11.0. The molecule has 0 saturated carbocycles. The van der Waals surface area contributed by atoms with Crippen LogP contribution in [0.5, 0.6) is 0 Å². The maximum atomic E-state index is 6.20. The van der Waals surface area contributed by atoms with E-state index in [1.807, 2.05) is 53.1 Å². The quantitative estimate of drug-likeness (QED) is 0.581. The SMILES string of the molecule is Nc1nc2c(Cl)cccc2n1-c1cccc2cccnc12. The molecule has 0 spiro atoms. The number of halogens is 1. The molecule has 0 aliphatic carbocycles. The lowest BCUT2D eigenvalue weighted by Crippen LogP contribution is -2.01. The molecule has 4 aromatic rings. The number of fused-ring (bicyclic) bond motifs is 2. The normalized spacial score (nSPS) is 11.3. The van der Waals surface area contributed by atoms with Crippen LogP contribution in [0, 0.1) is 0 Å². The van der Waals surface area contributed by atoms with Crippen LogP contribution in [0.1, 0.15) is 0 Å². The average Bonchev–Trinajstić information content (AvgIpc) is 2.84. The van der Waals surface area contributed by atoms with Crippen LogP contribution in [-0.4, -0.2) is 14.5 Å². The van der Waals surface area contributed by atoms with E-state index < -0.39 is 0 Å². The smallest absolute Gasteiger partial charge is 0.206 e. The molecule has 4 nitrogen and oxygen atoms in total. The van der Waals surface area contributed by atoms with Gasteiger partial charge in [0, 0.05) is 11.6 Å². The third kappa shape index (κ3) is 1.76. The van der Waals surface area contributed by atoms with Crippen molar-refractivity contribution in [3.05, 3.63) is 59.8 Å². The summed E-state index contributed by atoms with van der Waals surface area (Å²) >= 11 is 6.20. The maximum absolute atomic E-state index is 6.20. The molecule has 0 fully saturated rings. The fourth-order valence-corrected chi connectivity index (χ4v) is 2.82. The van der Waals surface area contributed by atoms with Gasteiger partial charge in [-0.15, -0.1) is 0 Å². The van der Waals surface area contributed by atoms with Gasteiger partial charge in [-0.05, 0) is 24.3 Å². The minimum Gasteiger partial charge on any atom is -0.369 e. The number of aromatic nitrogens is 3. The molecule has 21 heavy (non-hydrogen) atoms. The number of nitrogens with two attached hydrogens (primary N) is 1. The Morgan fingerprint density at radius 3 is 2.67 bits per heavy atom. The summed E-state index contributed by atoms with van der Waals surface area (Å²) in [6, 6.07) is 15.6. The molecule has 2 aromatic heterocycles. The van der Waals surface area contributed by atoms with Crippen LogP contribution in [0.4, 0.5) is 5.95 Å². The second-order valence-electron chi connectivity index (χ2n) is 4.77. The zero-order valence-corrected chi connectivity index (χ0v) is 11.7. The first-order valence-electron chi connectivity index (χ1n) is 6.52. The number of nitrogens with zero attached hydrogens (tertiary/aromatic N) is 3. The van der Waals surface area contributed by atoms with E-state index in [1.54, 1.807) is 6.20 Å². The second kappa shape index (κ2) is 4.46. The van der Waals surface area contributed by atoms with E-state index in [9.17, 15) is 0 Å². The fourth-order valence-electron chi connectivity index (χ4n) is 2.60. The van der Waals surface area contributed by atoms with E-state index in [-0.39, 0.29) is 0 Å². The number of benzene rings is 2. The van der Waals surface area contributed by atoms with E-state index in [0.717, 1.165) is 22.1 Å². The molecule has 4 rings (SSSR count). The van der Waals surface area contributed by atoms with Crippen molar-refractivity contribution in [2.24, 2.45) is 0 Å². The van der Waals surface area contributed by atoms with Gasteiger partial charge in [-0.1, -0.05) is 35.9 Å². The highest BCUT2D eigenvalue weighted by atomic mass is 35.5. The second-order valence-corrected chi connectivity index (χ2v) is 5.17. The van der Waals surface area contributed by atoms with Crippen molar-refractivity contribution in [3.8, 4) is 5.69 Å². The number of anilines is 1. The summed E-state index contributed by atoms with van der Waals surface area (Å²) in [5, 5.41) is 1.64. The molecule has 0 saturated heterocycles. The number of rotatable bonds is 1. The van der Waals surface area contributed by atoms with Crippen LogP contribution in [0.15, 0.2) is 54.7 Å². The molecule has 2 N–H and O–H groups in total. The molecule has 102 valence electrons. The van der Waals surface area contributed by atoms with E-state index in [2.05, 4.69) is 9.97 Å². The molecule has 0 aliphatic rings. The minimum absolute atomic E-state index is 0.399. The predicted octanol–water partition coefficient (Wildman–Crippen LogP) is 3.81. The molecule has 0 amide bonds. The standard InChI is InChI=1S/C16H11ClN4/c17-11-6-2-8-13-15(11)20-16(18)21(13)12-7-1-4-10-5-3-9-19-14(10)12/h1-9H,(H2,18,20). The van der Waals surface area contributed by atoms with E-state index >= 15 is 0 Å². The van der Waals surface area contributed by atoms with Crippen LogP contribution in [0.3, 0.4) is 0 Å². The molecule has 2 aromatic carbocycles. The van der Waals surface area contributed by atoms with Crippen LogP contribution >= 0.6 is 11.6 Å². The van der Waals surface area contributed by atoms with Gasteiger partial charge in [-0.25, -0.2) is 4.98 Å². The van der Waals surface area contributed by atoms with Gasteiger partial charge in [0.1, 0.15) is 5.52 Å². The monoisotopic (exact) mass is 294 g/mol. The van der Waals surface area contributed by atoms with Crippen molar-refractivity contribution < 1.29 is 0 Å². The number of hydrogen-bond donors (Lipinski definition) is 1. The first-order valence-corrected chi connectivity index (χ1v) is 6.90. The summed E-state index contributed by atoms with van der Waals surface area (Å²) in [5.41, 5.74) is 9.46. The van der Waals surface area contributed by atoms with Gasteiger partial charge in [0.2, 0.25) is 5.95 Å². The lowest BCUT2D eigenvalue weighted by molar-refractivity contribution is 1.11. The molecule has 5 heteroatoms. The number of imidazole rings is 1. The van der Waals surface area contributed by atoms with Gasteiger partial charge >= 0.3 is 0 Å². The Kier molecular flexibility index (Phi) is 2.59. The molecule has 0 bridgehead atoms. The van der Waals surface area contributed by atoms with Crippen molar-refractivity contribution in [3.63, 3.8) is 0 Å². The summed E-state index contributed by atoms with van der Waals surface area (Å²) in [4.78, 5) is 8.85. The number of para-hydroxylation sites is 2. The number of pyridine rings is 1. The minimum atomic E-state index is 0.399. The molecule has 0 atom stereocenters. The van der Waals surface area contributed by atoms with Gasteiger partial charge in [0.05, 0.1) is 21.7 Å². The lowest BCUT2D eigenvalue weighted by Gasteiger charge is -2.09. The number of hydrogen-bond acceptors (Lipinski definition) is 3. The molecular formula is C16H11ClN4. The van der Waals surface area contributed by atoms with Crippen molar-refractivity contribution in [1.82, 2.24) is 14.5 Å². The van der Waals surface area contributed by atoms with E-state index in [1.165, 1.54) is 0 Å². The van der Waals surface area contributed by atoms with Crippen molar-refractivity contribution in [2.75, 3.05) is 5.73 Å². The Morgan fingerprint density at radius 2 is 1.76 bits per heavy atom. The highest BCUT2D eigenvalue weighted by Crippen LogP contribution is 2.30. The Hall–Kier alpha value is -2.59. The van der Waals surface area contributed by atoms with Crippen molar-refractivity contribution in [2.45, 2.75) is 0 Å². The van der Waals surface area contributed by atoms with Crippen LogP contribution in [-0.2, 0) is 0 Å². The van der Waals surface area contributed by atoms with Gasteiger partial charge < -0.3 is 5.73 Å². The Bertz CT molecular complexity index is 969. The Labute approximate surface area is 125 Å². The largest absolute Gasteiger partial charge is 0.369 e. The van der Waals surface area contributed by atoms with Crippen molar-refractivity contribution >= 4 is 39.5 Å². The van der Waals surface area contributed by atoms with Crippen LogP contribution < -0.4 is 5.73 Å². The summed E-state index contributed by atoms with van der Waals surface area (Å²) in [6.45, 7) is 0. The van der Waals surface area contributed by atoms with Gasteiger partial charge in [0.15, 0.2) is 0 Å². The maximum Gasteiger partial charge on any atom is 0.206 e. The molecule has 2 heterocycles. The van der Waals surface area contributed by atoms with E-state index in [0.29, 0.717) is 16.5 Å². The summed E-state index contributed by atoms with van der Waals surface area (Å²) in [5.74, 6) is 0.399. The summed E-state index contributed by atoms with van der Waals surface area (Å²) in [6.07, 6.45) is 1.77. The highest BCUT2D eigenvalue weighted by molar-refractivity contribution is 6.35. The third-order valence-electron chi connectivity index (χ3n) is 3.51. The average molecular weight is 295 g/mol. The van der Waals surface area contributed by atoms with E-state index in [4.69, 9.17) is 17.3 Å². The highest BCUT2D eigenvalue weighted by Gasteiger charge is 2.14. The first kappa shape index (κ1) is 12.2. The Balaban J connectivity index is 2.14. The molecule has 0 unspecified atom stereocenters. The lowest BCUT2D eigenvalue weighted by atomic mass is 10.2. The fraction of sp³-hybridized carbons (Fsp3) is 0. The van der Waals surface area contributed by atoms with Gasteiger partial charge in [0.25, 0.3) is 0 Å².